The van der Waals surface area contributed by atoms with E-state index in [1.807, 2.05) is 0 Å². The predicted octanol–water partition coefficient (Wildman–Crippen LogP) is 4.11. The quantitative estimate of drug-likeness (QED) is 0.899. The minimum absolute atomic E-state index is 0.691. The third kappa shape index (κ3) is 2.89. The van der Waals surface area contributed by atoms with Gasteiger partial charge in [-0.05, 0) is 61.8 Å². The zero-order valence-electron chi connectivity index (χ0n) is 12.2. The fourth-order valence-electron chi connectivity index (χ4n) is 4.05. The molecule has 0 radical (unpaired) electrons. The molecule has 1 aromatic carbocycles. The van der Waals surface area contributed by atoms with Crippen molar-refractivity contribution in [2.24, 2.45) is 11.1 Å². The van der Waals surface area contributed by atoms with Gasteiger partial charge in [0.25, 0.3) is 0 Å². The third-order valence-electron chi connectivity index (χ3n) is 5.29. The van der Waals surface area contributed by atoms with Crippen LogP contribution in [0.15, 0.2) is 22.7 Å². The van der Waals surface area contributed by atoms with Gasteiger partial charge in [0, 0.05) is 23.2 Å². The number of nitrogens with two attached hydrogens (primary N) is 1. The lowest BCUT2D eigenvalue weighted by atomic mass is 9.77. The molecular weight excluding hydrogens is 312 g/mol. The van der Waals surface area contributed by atoms with Gasteiger partial charge in [-0.15, -0.1) is 0 Å². The normalized spacial score (nSPS) is 21.6. The van der Waals surface area contributed by atoms with Crippen molar-refractivity contribution >= 4 is 21.6 Å². The first-order valence-electron chi connectivity index (χ1n) is 7.96. The Labute approximate surface area is 130 Å². The average Bonchev–Trinajstić information content (AvgIpc) is 2.90. The Morgan fingerprint density at radius 1 is 1.10 bits per heavy atom. The van der Waals surface area contributed by atoms with Gasteiger partial charge in [0.15, 0.2) is 0 Å². The fourth-order valence-corrected chi connectivity index (χ4v) is 4.39. The number of hydrogen-bond donors (Lipinski definition) is 1. The summed E-state index contributed by atoms with van der Waals surface area (Å²) in [5, 5.41) is 0. The molecule has 1 aromatic rings. The Hall–Kier alpha value is -0.540. The fraction of sp³-hybridized carbons (Fsp3) is 0.647. The van der Waals surface area contributed by atoms with Crippen LogP contribution in [-0.2, 0) is 6.42 Å². The van der Waals surface area contributed by atoms with Crippen molar-refractivity contribution in [3.05, 3.63) is 28.2 Å². The van der Waals surface area contributed by atoms with Crippen LogP contribution in [0.5, 0.6) is 0 Å². The standard InChI is InChI=1S/C17H25BrN2/c18-15-4-3-14(5-10-19)16(13-15)20-11-8-17(9-12-20)6-1-2-7-17/h3-4,13H,1-2,5-12,19H2. The highest BCUT2D eigenvalue weighted by atomic mass is 79.9. The van der Waals surface area contributed by atoms with Gasteiger partial charge in [0.2, 0.25) is 0 Å². The molecule has 3 rings (SSSR count). The van der Waals surface area contributed by atoms with Crippen LogP contribution in [0.1, 0.15) is 44.1 Å². The van der Waals surface area contributed by atoms with Gasteiger partial charge in [-0.3, -0.25) is 0 Å². The molecule has 20 heavy (non-hydrogen) atoms. The van der Waals surface area contributed by atoms with Gasteiger partial charge in [0.1, 0.15) is 0 Å². The van der Waals surface area contributed by atoms with Gasteiger partial charge in [-0.25, -0.2) is 0 Å². The molecule has 0 aromatic heterocycles. The molecule has 3 heteroatoms. The van der Waals surface area contributed by atoms with Crippen LogP contribution >= 0.6 is 15.9 Å². The second-order valence-corrected chi connectivity index (χ2v) is 7.42. The molecule has 1 saturated heterocycles. The Kier molecular flexibility index (Phi) is 4.37. The number of halogens is 1. The molecule has 2 fully saturated rings. The summed E-state index contributed by atoms with van der Waals surface area (Å²) in [6, 6.07) is 6.64. The Morgan fingerprint density at radius 3 is 2.45 bits per heavy atom. The number of piperidine rings is 1. The SMILES string of the molecule is NCCc1ccc(Br)cc1N1CCC2(CCCC2)CC1. The van der Waals surface area contributed by atoms with Crippen LogP contribution in [0.25, 0.3) is 0 Å². The molecule has 0 atom stereocenters. The van der Waals surface area contributed by atoms with Crippen molar-refractivity contribution < 1.29 is 0 Å². The van der Waals surface area contributed by atoms with Crippen molar-refractivity contribution in [1.29, 1.82) is 0 Å². The second-order valence-electron chi connectivity index (χ2n) is 6.51. The van der Waals surface area contributed by atoms with Crippen LogP contribution in [-0.4, -0.2) is 19.6 Å². The summed E-state index contributed by atoms with van der Waals surface area (Å²) in [7, 11) is 0. The molecule has 1 spiro atoms. The summed E-state index contributed by atoms with van der Waals surface area (Å²) in [4.78, 5) is 2.58. The van der Waals surface area contributed by atoms with E-state index >= 15 is 0 Å². The topological polar surface area (TPSA) is 29.3 Å². The van der Waals surface area contributed by atoms with E-state index in [1.165, 1.54) is 67.3 Å². The van der Waals surface area contributed by atoms with E-state index in [0.29, 0.717) is 5.41 Å². The van der Waals surface area contributed by atoms with Crippen LogP contribution in [0.3, 0.4) is 0 Å². The number of rotatable bonds is 3. The third-order valence-corrected chi connectivity index (χ3v) is 5.78. The molecule has 1 heterocycles. The summed E-state index contributed by atoms with van der Waals surface area (Å²) in [5.74, 6) is 0. The zero-order valence-corrected chi connectivity index (χ0v) is 13.8. The summed E-state index contributed by atoms with van der Waals surface area (Å²) >= 11 is 3.62. The van der Waals surface area contributed by atoms with Crippen molar-refractivity contribution in [1.82, 2.24) is 0 Å². The van der Waals surface area contributed by atoms with Crippen LogP contribution < -0.4 is 10.6 Å². The number of hydrogen-bond acceptors (Lipinski definition) is 2. The largest absolute Gasteiger partial charge is 0.371 e. The lowest BCUT2D eigenvalue weighted by Crippen LogP contribution is -2.39. The zero-order chi connectivity index (χ0) is 14.0. The molecular formula is C17H25BrN2. The average molecular weight is 337 g/mol. The van der Waals surface area contributed by atoms with Crippen LogP contribution in [0.2, 0.25) is 0 Å². The highest BCUT2D eigenvalue weighted by Gasteiger charge is 2.37. The summed E-state index contributed by atoms with van der Waals surface area (Å²) < 4.78 is 1.18. The van der Waals surface area contributed by atoms with E-state index in [1.54, 1.807) is 0 Å². The first kappa shape index (κ1) is 14.4. The second kappa shape index (κ2) is 6.07. The van der Waals surface area contributed by atoms with Crippen molar-refractivity contribution in [3.63, 3.8) is 0 Å². The molecule has 0 unspecified atom stereocenters. The molecule has 2 aliphatic rings. The highest BCUT2D eigenvalue weighted by Crippen LogP contribution is 2.47. The van der Waals surface area contributed by atoms with E-state index in [9.17, 15) is 0 Å². The Morgan fingerprint density at radius 2 is 1.80 bits per heavy atom. The lowest BCUT2D eigenvalue weighted by Gasteiger charge is -2.41. The minimum Gasteiger partial charge on any atom is -0.371 e. The van der Waals surface area contributed by atoms with E-state index in [-0.39, 0.29) is 0 Å². The van der Waals surface area contributed by atoms with E-state index in [2.05, 4.69) is 39.0 Å². The van der Waals surface area contributed by atoms with E-state index in [0.717, 1.165) is 13.0 Å². The van der Waals surface area contributed by atoms with Crippen molar-refractivity contribution in [2.75, 3.05) is 24.5 Å². The first-order chi connectivity index (χ1) is 9.72. The number of nitrogens with zero attached hydrogens (tertiary/aromatic N) is 1. The van der Waals surface area contributed by atoms with Gasteiger partial charge in [-0.1, -0.05) is 34.8 Å². The smallest absolute Gasteiger partial charge is 0.0410 e. The van der Waals surface area contributed by atoms with E-state index < -0.39 is 0 Å². The summed E-state index contributed by atoms with van der Waals surface area (Å²) in [6.07, 6.45) is 9.57. The van der Waals surface area contributed by atoms with Crippen molar-refractivity contribution in [3.8, 4) is 0 Å². The lowest BCUT2D eigenvalue weighted by molar-refractivity contribution is 0.226. The van der Waals surface area contributed by atoms with Gasteiger partial charge in [0.05, 0.1) is 0 Å². The van der Waals surface area contributed by atoms with Gasteiger partial charge in [-0.2, -0.15) is 0 Å². The maximum Gasteiger partial charge on any atom is 0.0410 e. The maximum absolute atomic E-state index is 5.76. The molecule has 0 bridgehead atoms. The molecule has 1 aliphatic heterocycles. The molecule has 1 saturated carbocycles. The molecule has 0 amide bonds. The minimum atomic E-state index is 0.691. The van der Waals surface area contributed by atoms with E-state index in [4.69, 9.17) is 5.73 Å². The molecule has 2 nitrogen and oxygen atoms in total. The molecule has 110 valence electrons. The Balaban J connectivity index is 1.75. The number of anilines is 1. The van der Waals surface area contributed by atoms with Crippen LogP contribution in [0, 0.1) is 5.41 Å². The highest BCUT2D eigenvalue weighted by molar-refractivity contribution is 9.10. The number of benzene rings is 1. The van der Waals surface area contributed by atoms with Crippen molar-refractivity contribution in [2.45, 2.75) is 44.9 Å². The molecule has 1 aliphatic carbocycles. The predicted molar refractivity (Wildman–Crippen MR) is 89.2 cm³/mol. The Bertz CT molecular complexity index is 456. The van der Waals surface area contributed by atoms with Gasteiger partial charge >= 0.3 is 0 Å². The summed E-state index contributed by atoms with van der Waals surface area (Å²) in [6.45, 7) is 3.16. The summed E-state index contributed by atoms with van der Waals surface area (Å²) in [5.41, 5.74) is 9.25. The maximum atomic E-state index is 5.76. The monoisotopic (exact) mass is 336 g/mol. The first-order valence-corrected chi connectivity index (χ1v) is 8.75. The molecule has 2 N–H and O–H groups in total. The van der Waals surface area contributed by atoms with Gasteiger partial charge < -0.3 is 10.6 Å². The van der Waals surface area contributed by atoms with Crippen LogP contribution in [0.4, 0.5) is 5.69 Å².